The number of hydrogen-bond donors (Lipinski definition) is 2. The monoisotopic (exact) mass is 1260 g/mol. The molecule has 0 fully saturated rings. The van der Waals surface area contributed by atoms with E-state index >= 15 is 0 Å². The number of aliphatic carboxylic acids is 2. The SMILES string of the molecule is Cc1cc(CN(Cc2cc(C)c(C)cc2-c2cc(C(C)C)cc(C(C)C)c2C)c2ncc(OCCCC(=O)O)cn2)cc(C(F)(F)F)c1.Cc1cc(CN(Cc2cc(C)ccc2-c2cc(Cl)ccc2C)c2ncc(OCCCC(=O)O)cn2)cc(C(F)(F)F)c1. The van der Waals surface area contributed by atoms with Gasteiger partial charge in [-0.25, -0.2) is 19.9 Å². The Balaban J connectivity index is 0.000000258. The zero-order chi connectivity index (χ0) is 65.8. The van der Waals surface area contributed by atoms with E-state index in [0.717, 1.165) is 73.8 Å². The number of ether oxygens (including phenoxy) is 2. The lowest BCUT2D eigenvalue weighted by molar-refractivity contribution is -0.138. The molecule has 19 heteroatoms. The molecule has 2 N–H and O–H groups in total. The maximum atomic E-state index is 13.8. The minimum Gasteiger partial charge on any atom is -0.490 e. The zero-order valence-electron chi connectivity index (χ0n) is 52.6. The van der Waals surface area contributed by atoms with Crippen molar-refractivity contribution in [2.45, 2.75) is 152 Å². The van der Waals surface area contributed by atoms with Gasteiger partial charge in [0.05, 0.1) is 49.1 Å². The second kappa shape index (κ2) is 30.3. The molecule has 0 bridgehead atoms. The number of halogens is 7. The minimum absolute atomic E-state index is 0.0142. The molecule has 476 valence electrons. The first-order valence-electron chi connectivity index (χ1n) is 29.7. The Labute approximate surface area is 528 Å². The van der Waals surface area contributed by atoms with Crippen molar-refractivity contribution in [1.82, 2.24) is 19.9 Å². The summed E-state index contributed by atoms with van der Waals surface area (Å²) in [4.78, 5) is 43.4. The van der Waals surface area contributed by atoms with E-state index < -0.39 is 35.4 Å². The summed E-state index contributed by atoms with van der Waals surface area (Å²) in [6.45, 7) is 23.7. The highest BCUT2D eigenvalue weighted by atomic mass is 35.5. The largest absolute Gasteiger partial charge is 0.490 e. The highest BCUT2D eigenvalue weighted by molar-refractivity contribution is 6.30. The van der Waals surface area contributed by atoms with Crippen LogP contribution in [-0.2, 0) is 48.1 Å². The first kappa shape index (κ1) is 69.0. The van der Waals surface area contributed by atoms with E-state index in [4.69, 9.17) is 31.3 Å². The molecule has 6 aromatic carbocycles. The van der Waals surface area contributed by atoms with Gasteiger partial charge in [0.1, 0.15) is 0 Å². The van der Waals surface area contributed by atoms with E-state index in [1.165, 1.54) is 47.5 Å². The number of aryl methyl sites for hydroxylation is 6. The van der Waals surface area contributed by atoms with Crippen LogP contribution in [0.3, 0.4) is 0 Å². The number of hydrogen-bond acceptors (Lipinski definition) is 10. The fraction of sp³-hybridized carbons (Fsp3) is 0.352. The Morgan fingerprint density at radius 3 is 1.43 bits per heavy atom. The minimum atomic E-state index is -4.48. The van der Waals surface area contributed by atoms with E-state index in [1.807, 2.05) is 60.0 Å². The van der Waals surface area contributed by atoms with E-state index in [0.29, 0.717) is 88.4 Å². The van der Waals surface area contributed by atoms with Crippen molar-refractivity contribution in [2.24, 2.45) is 0 Å². The molecule has 0 atom stereocenters. The molecule has 0 aliphatic heterocycles. The third kappa shape index (κ3) is 19.3. The van der Waals surface area contributed by atoms with E-state index in [9.17, 15) is 35.9 Å². The molecule has 2 aromatic heterocycles. The van der Waals surface area contributed by atoms with Crippen LogP contribution >= 0.6 is 11.6 Å². The standard InChI is InChI=1S/C39H46F3N3O3.C32H31ClF3N3O3/c1-23(2)30-17-34(24(3)4)28(8)35(18-30)36-15-27(7)26(6)14-31(36)22-45(21-29-12-25(5)13-32(16-29)39(40,41)42)38-43-19-33(20-44-38)48-11-9-10-37(46)47;1-20-6-9-28(29-15-26(33)8-7-22(29)3)24(12-20)19-39(18-23-11-21(2)13-25(14-23)32(34,35)36)31-37-16-27(17-38-31)42-10-4-5-30(40)41/h12-20,23-24H,9-11,21-22H2,1-8H3,(H,46,47);6-9,11-17H,4-5,10,18-19H2,1-3H3,(H,40,41). The Morgan fingerprint density at radius 1 is 0.500 bits per heavy atom. The summed E-state index contributed by atoms with van der Waals surface area (Å²) in [5, 5.41) is 18.3. The van der Waals surface area contributed by atoms with Crippen LogP contribution in [0.4, 0.5) is 38.2 Å². The first-order valence-corrected chi connectivity index (χ1v) is 30.1. The Bertz CT molecular complexity index is 3800. The van der Waals surface area contributed by atoms with Crippen LogP contribution in [0.2, 0.25) is 5.02 Å². The molecule has 0 aliphatic carbocycles. The first-order chi connectivity index (χ1) is 42.4. The van der Waals surface area contributed by atoms with Gasteiger partial charge in [0.2, 0.25) is 11.9 Å². The normalized spacial score (nSPS) is 11.6. The number of carboxylic acids is 2. The van der Waals surface area contributed by atoms with Crippen LogP contribution in [0, 0.1) is 48.5 Å². The van der Waals surface area contributed by atoms with Gasteiger partial charge in [0, 0.05) is 44.0 Å². The third-order valence-corrected chi connectivity index (χ3v) is 15.6. The molecule has 0 saturated carbocycles. The molecular weight excluding hydrogens is 1180 g/mol. The van der Waals surface area contributed by atoms with E-state index in [2.05, 4.69) is 92.7 Å². The summed E-state index contributed by atoms with van der Waals surface area (Å²) in [6, 6.07) is 28.8. The predicted octanol–water partition coefficient (Wildman–Crippen LogP) is 18.3. The number of alkyl halides is 6. The van der Waals surface area contributed by atoms with Crippen molar-refractivity contribution in [3.05, 3.63) is 210 Å². The molecule has 90 heavy (non-hydrogen) atoms. The van der Waals surface area contributed by atoms with Gasteiger partial charge >= 0.3 is 24.3 Å². The van der Waals surface area contributed by atoms with Gasteiger partial charge in [0.25, 0.3) is 0 Å². The van der Waals surface area contributed by atoms with Gasteiger partial charge in [0.15, 0.2) is 11.5 Å². The molecule has 0 radical (unpaired) electrons. The molecule has 0 saturated heterocycles. The number of carboxylic acid groups (broad SMARTS) is 2. The lowest BCUT2D eigenvalue weighted by Crippen LogP contribution is -2.25. The fourth-order valence-corrected chi connectivity index (χ4v) is 10.8. The summed E-state index contributed by atoms with van der Waals surface area (Å²) in [5.41, 5.74) is 14.7. The maximum Gasteiger partial charge on any atom is 0.416 e. The number of nitrogens with zero attached hydrogens (tertiary/aromatic N) is 6. The maximum absolute atomic E-state index is 13.8. The molecule has 0 aliphatic rings. The second-order valence-electron chi connectivity index (χ2n) is 23.6. The fourth-order valence-electron chi connectivity index (χ4n) is 10.6. The number of carbonyl (C=O) groups is 2. The van der Waals surface area contributed by atoms with Crippen molar-refractivity contribution in [3.8, 4) is 33.8 Å². The van der Waals surface area contributed by atoms with Crippen LogP contribution < -0.4 is 19.3 Å². The lowest BCUT2D eigenvalue weighted by Gasteiger charge is -2.27. The third-order valence-electron chi connectivity index (χ3n) is 15.3. The molecule has 12 nitrogen and oxygen atoms in total. The molecular formula is C71H77ClF6N6O6. The van der Waals surface area contributed by atoms with Gasteiger partial charge in [-0.2, -0.15) is 26.3 Å². The zero-order valence-corrected chi connectivity index (χ0v) is 53.4. The molecule has 8 aromatic rings. The number of anilines is 2. The number of aromatic nitrogens is 4. The molecule has 0 spiro atoms. The second-order valence-corrected chi connectivity index (χ2v) is 24.0. The summed E-state index contributed by atoms with van der Waals surface area (Å²) in [7, 11) is 0. The number of rotatable bonds is 24. The number of benzene rings is 6. The summed E-state index contributed by atoms with van der Waals surface area (Å²) < 4.78 is 93.6. The van der Waals surface area contributed by atoms with Crippen molar-refractivity contribution in [2.75, 3.05) is 23.0 Å². The Hall–Kier alpha value is -8.51. The predicted molar refractivity (Wildman–Crippen MR) is 342 cm³/mol. The summed E-state index contributed by atoms with van der Waals surface area (Å²) >= 11 is 6.34. The van der Waals surface area contributed by atoms with E-state index in [1.54, 1.807) is 26.0 Å². The molecule has 0 amide bonds. The van der Waals surface area contributed by atoms with Crippen molar-refractivity contribution in [3.63, 3.8) is 0 Å². The topological polar surface area (TPSA) is 151 Å². The summed E-state index contributed by atoms with van der Waals surface area (Å²) in [6.07, 6.45) is -2.34. The van der Waals surface area contributed by atoms with Gasteiger partial charge < -0.3 is 29.5 Å². The van der Waals surface area contributed by atoms with Crippen LogP contribution in [-0.4, -0.2) is 55.3 Å². The molecule has 8 rings (SSSR count). The van der Waals surface area contributed by atoms with Gasteiger partial charge in [-0.05, 0) is 187 Å². The molecule has 2 heterocycles. The summed E-state index contributed by atoms with van der Waals surface area (Å²) in [5.74, 6) is 0.239. The average molecular weight is 1260 g/mol. The highest BCUT2D eigenvalue weighted by Crippen LogP contribution is 2.39. The lowest BCUT2D eigenvalue weighted by atomic mass is 9.84. The van der Waals surface area contributed by atoms with Gasteiger partial charge in [-0.1, -0.05) is 117 Å². The van der Waals surface area contributed by atoms with Crippen LogP contribution in [0.1, 0.15) is 149 Å². The van der Waals surface area contributed by atoms with Crippen LogP contribution in [0.5, 0.6) is 11.5 Å². The molecule has 0 unspecified atom stereocenters. The highest BCUT2D eigenvalue weighted by Gasteiger charge is 2.33. The van der Waals surface area contributed by atoms with Crippen LogP contribution in [0.15, 0.2) is 122 Å². The average Bonchev–Trinajstić information content (AvgIpc) is 0.845. The quantitative estimate of drug-likeness (QED) is 0.0438. The van der Waals surface area contributed by atoms with Crippen molar-refractivity contribution < 1.29 is 55.6 Å². The van der Waals surface area contributed by atoms with Crippen molar-refractivity contribution >= 4 is 35.4 Å². The smallest absolute Gasteiger partial charge is 0.416 e. The van der Waals surface area contributed by atoms with Crippen molar-refractivity contribution in [1.29, 1.82) is 0 Å². The van der Waals surface area contributed by atoms with Crippen LogP contribution in [0.25, 0.3) is 22.3 Å². The van der Waals surface area contributed by atoms with Gasteiger partial charge in [-0.3, -0.25) is 9.59 Å². The van der Waals surface area contributed by atoms with E-state index in [-0.39, 0.29) is 39.1 Å². The van der Waals surface area contributed by atoms with Gasteiger partial charge in [-0.15, -0.1) is 0 Å². The Morgan fingerprint density at radius 2 is 0.978 bits per heavy atom. The Kier molecular flexibility index (Phi) is 23.2.